The van der Waals surface area contributed by atoms with Crippen molar-refractivity contribution in [2.75, 3.05) is 6.54 Å². The molecule has 0 heterocycles. The minimum absolute atomic E-state index is 0.0833. The molecular formula is C14H20F2N2O3S. The fourth-order valence-electron chi connectivity index (χ4n) is 1.66. The predicted molar refractivity (Wildman–Crippen MR) is 79.4 cm³/mol. The summed E-state index contributed by atoms with van der Waals surface area (Å²) < 4.78 is 47.5. The third-order valence-corrected chi connectivity index (χ3v) is 5.18. The zero-order valence-corrected chi connectivity index (χ0v) is 13.5. The van der Waals surface area contributed by atoms with Gasteiger partial charge in [-0.15, -0.1) is 0 Å². The second kappa shape index (κ2) is 6.70. The number of rotatable bonds is 6. The van der Waals surface area contributed by atoms with Crippen LogP contribution in [0.4, 0.5) is 8.78 Å². The molecule has 8 heteroatoms. The zero-order valence-electron chi connectivity index (χ0n) is 12.6. The molecular weight excluding hydrogens is 314 g/mol. The zero-order chi connectivity index (χ0) is 17.1. The number of nitrogens with one attached hydrogen (secondary N) is 1. The first-order valence-electron chi connectivity index (χ1n) is 6.69. The summed E-state index contributed by atoms with van der Waals surface area (Å²) >= 11 is 0. The summed E-state index contributed by atoms with van der Waals surface area (Å²) in [5.41, 5.74) is 5.23. The second-order valence-electron chi connectivity index (χ2n) is 5.56. The third kappa shape index (κ3) is 3.80. The summed E-state index contributed by atoms with van der Waals surface area (Å²) in [6.07, 6.45) is 0. The van der Waals surface area contributed by atoms with E-state index in [1.807, 2.05) is 13.8 Å². The second-order valence-corrected chi connectivity index (χ2v) is 7.48. The van der Waals surface area contributed by atoms with Crippen molar-refractivity contribution < 1.29 is 22.0 Å². The van der Waals surface area contributed by atoms with Crippen LogP contribution in [-0.2, 0) is 9.84 Å². The lowest BCUT2D eigenvalue weighted by molar-refractivity contribution is 0.0883. The molecule has 0 aliphatic carbocycles. The SMILES string of the molecule is CC(C)C(C)(CN)NC(=O)c1ccc(S(=O)(=O)C(F)F)cc1. The molecule has 1 unspecified atom stereocenters. The minimum Gasteiger partial charge on any atom is -0.345 e. The Balaban J connectivity index is 2.99. The number of carbonyl (C=O) groups excluding carboxylic acids is 1. The van der Waals surface area contributed by atoms with Crippen molar-refractivity contribution in [1.29, 1.82) is 0 Å². The summed E-state index contributed by atoms with van der Waals surface area (Å²) in [4.78, 5) is 11.6. The lowest BCUT2D eigenvalue weighted by Crippen LogP contribution is -2.55. The van der Waals surface area contributed by atoms with Crippen molar-refractivity contribution in [1.82, 2.24) is 5.32 Å². The van der Waals surface area contributed by atoms with Crippen LogP contribution in [-0.4, -0.2) is 32.2 Å². The Hall–Kier alpha value is -1.54. The van der Waals surface area contributed by atoms with Crippen molar-refractivity contribution >= 4 is 15.7 Å². The summed E-state index contributed by atoms with van der Waals surface area (Å²) in [5.74, 6) is -3.85. The van der Waals surface area contributed by atoms with Gasteiger partial charge < -0.3 is 11.1 Å². The van der Waals surface area contributed by atoms with E-state index in [4.69, 9.17) is 5.73 Å². The van der Waals surface area contributed by atoms with Gasteiger partial charge in [-0.25, -0.2) is 8.42 Å². The van der Waals surface area contributed by atoms with E-state index in [2.05, 4.69) is 5.32 Å². The molecule has 1 aromatic carbocycles. The van der Waals surface area contributed by atoms with E-state index in [-0.39, 0.29) is 18.0 Å². The Morgan fingerprint density at radius 2 is 1.77 bits per heavy atom. The molecule has 0 spiro atoms. The summed E-state index contributed by atoms with van der Waals surface area (Å²) in [6.45, 7) is 5.84. The molecule has 1 atom stereocenters. The molecule has 3 N–H and O–H groups in total. The number of sulfone groups is 1. The van der Waals surface area contributed by atoms with E-state index in [0.717, 1.165) is 12.1 Å². The van der Waals surface area contributed by atoms with Crippen LogP contribution in [0.5, 0.6) is 0 Å². The summed E-state index contributed by atoms with van der Waals surface area (Å²) in [5, 5.41) is 2.78. The topological polar surface area (TPSA) is 89.3 Å². The Kier molecular flexibility index (Phi) is 5.64. The smallest absolute Gasteiger partial charge is 0.341 e. The molecule has 0 saturated heterocycles. The lowest BCUT2D eigenvalue weighted by Gasteiger charge is -2.33. The van der Waals surface area contributed by atoms with Crippen LogP contribution in [0, 0.1) is 5.92 Å². The van der Waals surface area contributed by atoms with Crippen molar-refractivity contribution in [3.63, 3.8) is 0 Å². The number of alkyl halides is 2. The van der Waals surface area contributed by atoms with Crippen molar-refractivity contribution in [2.45, 2.75) is 37.0 Å². The molecule has 22 heavy (non-hydrogen) atoms. The predicted octanol–water partition coefficient (Wildman–Crippen LogP) is 1.79. The quantitative estimate of drug-likeness (QED) is 0.830. The molecule has 1 rings (SSSR count). The third-order valence-electron chi connectivity index (χ3n) is 3.78. The molecule has 0 aliphatic rings. The number of benzene rings is 1. The Bertz CT molecular complexity index is 630. The fraction of sp³-hybridized carbons (Fsp3) is 0.500. The van der Waals surface area contributed by atoms with E-state index in [9.17, 15) is 22.0 Å². The molecule has 0 aliphatic heterocycles. The van der Waals surface area contributed by atoms with Crippen LogP contribution in [0.1, 0.15) is 31.1 Å². The van der Waals surface area contributed by atoms with Crippen LogP contribution in [0.3, 0.4) is 0 Å². The van der Waals surface area contributed by atoms with E-state index in [1.54, 1.807) is 6.92 Å². The number of hydrogen-bond donors (Lipinski definition) is 2. The van der Waals surface area contributed by atoms with E-state index in [1.165, 1.54) is 12.1 Å². The molecule has 124 valence electrons. The molecule has 0 bridgehead atoms. The molecule has 0 aromatic heterocycles. The fourth-order valence-corrected chi connectivity index (χ4v) is 2.38. The maximum absolute atomic E-state index is 12.4. The van der Waals surface area contributed by atoms with Gasteiger partial charge in [-0.1, -0.05) is 13.8 Å². The van der Waals surface area contributed by atoms with Gasteiger partial charge in [0, 0.05) is 12.1 Å². The van der Waals surface area contributed by atoms with E-state index < -0.39 is 31.9 Å². The van der Waals surface area contributed by atoms with Crippen LogP contribution in [0.25, 0.3) is 0 Å². The van der Waals surface area contributed by atoms with Gasteiger partial charge in [-0.3, -0.25) is 4.79 Å². The summed E-state index contributed by atoms with van der Waals surface area (Å²) in [6, 6.07) is 4.38. The number of halogens is 2. The van der Waals surface area contributed by atoms with Gasteiger partial charge in [-0.05, 0) is 37.1 Å². The van der Waals surface area contributed by atoms with Gasteiger partial charge in [0.05, 0.1) is 10.4 Å². The Morgan fingerprint density at radius 3 is 2.14 bits per heavy atom. The molecule has 1 aromatic rings. The number of nitrogens with two attached hydrogens (primary N) is 1. The average molecular weight is 334 g/mol. The highest BCUT2D eigenvalue weighted by Crippen LogP contribution is 2.20. The normalized spacial score (nSPS) is 14.9. The highest BCUT2D eigenvalue weighted by atomic mass is 32.2. The van der Waals surface area contributed by atoms with Gasteiger partial charge in [0.15, 0.2) is 0 Å². The number of hydrogen-bond acceptors (Lipinski definition) is 4. The first kappa shape index (κ1) is 18.5. The van der Waals surface area contributed by atoms with Crippen molar-refractivity contribution in [3.05, 3.63) is 29.8 Å². The van der Waals surface area contributed by atoms with E-state index >= 15 is 0 Å². The van der Waals surface area contributed by atoms with Gasteiger partial charge in [0.25, 0.3) is 5.91 Å². The minimum atomic E-state index is -4.66. The molecule has 0 saturated carbocycles. The summed E-state index contributed by atoms with van der Waals surface area (Å²) in [7, 11) is -4.66. The molecule has 1 amide bonds. The maximum Gasteiger partial charge on any atom is 0.341 e. The van der Waals surface area contributed by atoms with Gasteiger partial charge >= 0.3 is 5.76 Å². The van der Waals surface area contributed by atoms with Crippen LogP contribution in [0.2, 0.25) is 0 Å². The lowest BCUT2D eigenvalue weighted by atomic mass is 9.88. The Labute approximate surface area is 128 Å². The van der Waals surface area contributed by atoms with Crippen LogP contribution >= 0.6 is 0 Å². The maximum atomic E-state index is 12.4. The number of amides is 1. The first-order chi connectivity index (χ1) is 10.0. The molecule has 5 nitrogen and oxygen atoms in total. The van der Waals surface area contributed by atoms with Gasteiger partial charge in [-0.2, -0.15) is 8.78 Å². The largest absolute Gasteiger partial charge is 0.345 e. The average Bonchev–Trinajstić information content (AvgIpc) is 2.46. The highest BCUT2D eigenvalue weighted by Gasteiger charge is 2.30. The van der Waals surface area contributed by atoms with Gasteiger partial charge in [0.1, 0.15) is 0 Å². The van der Waals surface area contributed by atoms with Crippen LogP contribution < -0.4 is 11.1 Å². The van der Waals surface area contributed by atoms with Crippen molar-refractivity contribution in [3.8, 4) is 0 Å². The van der Waals surface area contributed by atoms with E-state index in [0.29, 0.717) is 0 Å². The monoisotopic (exact) mass is 334 g/mol. The van der Waals surface area contributed by atoms with Gasteiger partial charge in [0.2, 0.25) is 9.84 Å². The standard InChI is InChI=1S/C14H20F2N2O3S/c1-9(2)14(3,8-17)18-12(19)10-4-6-11(7-5-10)22(20,21)13(15)16/h4-7,9,13H,8,17H2,1-3H3,(H,18,19). The first-order valence-corrected chi connectivity index (χ1v) is 8.24. The highest BCUT2D eigenvalue weighted by molar-refractivity contribution is 7.91. The molecule has 0 radical (unpaired) electrons. The van der Waals surface area contributed by atoms with Crippen LogP contribution in [0.15, 0.2) is 29.2 Å². The molecule has 0 fully saturated rings. The Morgan fingerprint density at radius 1 is 1.27 bits per heavy atom. The number of carbonyl (C=O) groups is 1. The van der Waals surface area contributed by atoms with Crippen molar-refractivity contribution in [2.24, 2.45) is 11.7 Å².